The highest BCUT2D eigenvalue weighted by atomic mass is 35.5. The van der Waals surface area contributed by atoms with Crippen LogP contribution >= 0.6 is 12.4 Å². The molecule has 4 nitrogen and oxygen atoms in total. The zero-order valence-electron chi connectivity index (χ0n) is 13.9. The van der Waals surface area contributed by atoms with Crippen LogP contribution in [0.15, 0.2) is 24.3 Å². The summed E-state index contributed by atoms with van der Waals surface area (Å²) in [5.41, 5.74) is 6.93. The molecule has 0 saturated heterocycles. The maximum atomic E-state index is 11.9. The van der Waals surface area contributed by atoms with Crippen LogP contribution in [0.25, 0.3) is 0 Å². The first-order valence-electron chi connectivity index (χ1n) is 8.38. The van der Waals surface area contributed by atoms with Crippen LogP contribution in [0.3, 0.4) is 0 Å². The van der Waals surface area contributed by atoms with Gasteiger partial charge in [-0.2, -0.15) is 0 Å². The van der Waals surface area contributed by atoms with Crippen molar-refractivity contribution >= 4 is 18.3 Å². The first kappa shape index (κ1) is 19.8. The fraction of sp³-hybridized carbons (Fsp3) is 0.611. The predicted octanol–water partition coefficient (Wildman–Crippen LogP) is 3.21. The number of nitrogens with one attached hydrogen (secondary N) is 1. The van der Waals surface area contributed by atoms with E-state index in [1.807, 2.05) is 18.2 Å². The Morgan fingerprint density at radius 1 is 1.35 bits per heavy atom. The van der Waals surface area contributed by atoms with E-state index >= 15 is 0 Å². The van der Waals surface area contributed by atoms with Gasteiger partial charge >= 0.3 is 0 Å². The van der Waals surface area contributed by atoms with E-state index in [-0.39, 0.29) is 18.3 Å². The molecule has 0 aliphatic heterocycles. The van der Waals surface area contributed by atoms with E-state index in [4.69, 9.17) is 10.5 Å². The lowest BCUT2D eigenvalue weighted by molar-refractivity contribution is -0.122. The number of ether oxygens (including phenoxy) is 1. The molecule has 2 rings (SSSR count). The SMILES string of the molecule is Cc1cccc(OCCCCC(=O)NC2CCCC2CN)c1.Cl. The maximum Gasteiger partial charge on any atom is 0.220 e. The topological polar surface area (TPSA) is 64.3 Å². The summed E-state index contributed by atoms with van der Waals surface area (Å²) in [6, 6.07) is 8.33. The number of halogens is 1. The lowest BCUT2D eigenvalue weighted by Gasteiger charge is -2.19. The fourth-order valence-corrected chi connectivity index (χ4v) is 3.07. The largest absolute Gasteiger partial charge is 0.494 e. The molecule has 0 spiro atoms. The van der Waals surface area contributed by atoms with Crippen molar-refractivity contribution in [3.8, 4) is 5.75 Å². The van der Waals surface area contributed by atoms with Gasteiger partial charge in [-0.25, -0.2) is 0 Å². The van der Waals surface area contributed by atoms with Gasteiger partial charge in [0.15, 0.2) is 0 Å². The minimum absolute atomic E-state index is 0. The molecular formula is C18H29ClN2O2. The second-order valence-corrected chi connectivity index (χ2v) is 6.22. The Balaban J connectivity index is 0.00000264. The molecule has 23 heavy (non-hydrogen) atoms. The van der Waals surface area contributed by atoms with E-state index in [0.29, 0.717) is 31.5 Å². The summed E-state index contributed by atoms with van der Waals surface area (Å²) in [6.45, 7) is 3.38. The normalized spacial score (nSPS) is 19.9. The third-order valence-electron chi connectivity index (χ3n) is 4.36. The highest BCUT2D eigenvalue weighted by molar-refractivity contribution is 5.85. The van der Waals surface area contributed by atoms with Gasteiger partial charge in [0.05, 0.1) is 6.61 Å². The number of nitrogens with two attached hydrogens (primary N) is 1. The first-order valence-corrected chi connectivity index (χ1v) is 8.38. The number of hydrogen-bond acceptors (Lipinski definition) is 3. The second kappa shape index (κ2) is 10.5. The smallest absolute Gasteiger partial charge is 0.220 e. The van der Waals surface area contributed by atoms with Crippen LogP contribution in [0.1, 0.15) is 44.1 Å². The molecule has 0 aromatic heterocycles. The molecule has 1 aliphatic carbocycles. The lowest BCUT2D eigenvalue weighted by atomic mass is 10.0. The van der Waals surface area contributed by atoms with Gasteiger partial charge in [-0.3, -0.25) is 4.79 Å². The van der Waals surface area contributed by atoms with Crippen molar-refractivity contribution in [2.75, 3.05) is 13.2 Å². The van der Waals surface area contributed by atoms with E-state index in [1.165, 1.54) is 12.0 Å². The average molecular weight is 341 g/mol. The van der Waals surface area contributed by atoms with Crippen LogP contribution in [0.4, 0.5) is 0 Å². The molecule has 0 heterocycles. The number of benzene rings is 1. The molecule has 1 aliphatic rings. The van der Waals surface area contributed by atoms with Gasteiger partial charge in [-0.05, 0) is 62.8 Å². The van der Waals surface area contributed by atoms with Crippen molar-refractivity contribution in [1.29, 1.82) is 0 Å². The van der Waals surface area contributed by atoms with Crippen LogP contribution in [0.2, 0.25) is 0 Å². The van der Waals surface area contributed by atoms with Gasteiger partial charge in [-0.15, -0.1) is 12.4 Å². The monoisotopic (exact) mass is 340 g/mol. The average Bonchev–Trinajstić information content (AvgIpc) is 2.94. The molecule has 130 valence electrons. The molecule has 2 unspecified atom stereocenters. The zero-order chi connectivity index (χ0) is 15.8. The van der Waals surface area contributed by atoms with Gasteiger partial charge in [0.25, 0.3) is 0 Å². The predicted molar refractivity (Wildman–Crippen MR) is 96.1 cm³/mol. The highest BCUT2D eigenvalue weighted by Gasteiger charge is 2.26. The van der Waals surface area contributed by atoms with Crippen molar-refractivity contribution in [2.24, 2.45) is 11.7 Å². The summed E-state index contributed by atoms with van der Waals surface area (Å²) in [6.07, 6.45) is 5.72. The Hall–Kier alpha value is -1.26. The van der Waals surface area contributed by atoms with Gasteiger partial charge < -0.3 is 15.8 Å². The van der Waals surface area contributed by atoms with E-state index in [9.17, 15) is 4.79 Å². The zero-order valence-corrected chi connectivity index (χ0v) is 14.7. The minimum Gasteiger partial charge on any atom is -0.494 e. The van der Waals surface area contributed by atoms with Crippen LogP contribution in [-0.2, 0) is 4.79 Å². The number of unbranched alkanes of at least 4 members (excludes halogenated alkanes) is 1. The summed E-state index contributed by atoms with van der Waals surface area (Å²) >= 11 is 0. The summed E-state index contributed by atoms with van der Waals surface area (Å²) in [7, 11) is 0. The third-order valence-corrected chi connectivity index (χ3v) is 4.36. The van der Waals surface area contributed by atoms with Gasteiger partial charge in [0.2, 0.25) is 5.91 Å². The highest BCUT2D eigenvalue weighted by Crippen LogP contribution is 2.24. The van der Waals surface area contributed by atoms with Crippen molar-refractivity contribution in [2.45, 2.75) is 51.5 Å². The maximum absolute atomic E-state index is 11.9. The number of carbonyl (C=O) groups is 1. The minimum atomic E-state index is 0. The summed E-state index contributed by atoms with van der Waals surface area (Å²) in [4.78, 5) is 11.9. The molecule has 5 heteroatoms. The third kappa shape index (κ3) is 6.80. The molecule has 2 atom stereocenters. The summed E-state index contributed by atoms with van der Waals surface area (Å²) < 4.78 is 5.69. The van der Waals surface area contributed by atoms with E-state index in [2.05, 4.69) is 18.3 Å². The molecule has 0 bridgehead atoms. The molecule has 1 fully saturated rings. The van der Waals surface area contributed by atoms with Crippen molar-refractivity contribution < 1.29 is 9.53 Å². The van der Waals surface area contributed by atoms with Gasteiger partial charge in [0, 0.05) is 12.5 Å². The number of rotatable bonds is 8. The lowest BCUT2D eigenvalue weighted by Crippen LogP contribution is -2.39. The molecule has 1 saturated carbocycles. The van der Waals surface area contributed by atoms with E-state index < -0.39 is 0 Å². The van der Waals surface area contributed by atoms with Crippen molar-refractivity contribution in [3.63, 3.8) is 0 Å². The molecular weight excluding hydrogens is 312 g/mol. The number of hydrogen-bond donors (Lipinski definition) is 2. The van der Waals surface area contributed by atoms with Crippen molar-refractivity contribution in [3.05, 3.63) is 29.8 Å². The number of aryl methyl sites for hydroxylation is 1. The number of carbonyl (C=O) groups excluding carboxylic acids is 1. The molecule has 0 radical (unpaired) electrons. The van der Waals surface area contributed by atoms with Gasteiger partial charge in [0.1, 0.15) is 5.75 Å². The molecule has 3 N–H and O–H groups in total. The summed E-state index contributed by atoms with van der Waals surface area (Å²) in [5.74, 6) is 1.52. The molecule has 1 amide bonds. The van der Waals surface area contributed by atoms with Crippen LogP contribution < -0.4 is 15.8 Å². The Bertz CT molecular complexity index is 482. The number of amides is 1. The first-order chi connectivity index (χ1) is 10.7. The Labute approximate surface area is 145 Å². The fourth-order valence-electron chi connectivity index (χ4n) is 3.07. The van der Waals surface area contributed by atoms with Crippen LogP contribution in [-0.4, -0.2) is 25.1 Å². The van der Waals surface area contributed by atoms with Crippen molar-refractivity contribution in [1.82, 2.24) is 5.32 Å². The Morgan fingerprint density at radius 2 is 2.17 bits per heavy atom. The Morgan fingerprint density at radius 3 is 2.91 bits per heavy atom. The molecule has 1 aromatic rings. The molecule has 1 aromatic carbocycles. The summed E-state index contributed by atoms with van der Waals surface area (Å²) in [5, 5.41) is 3.14. The van der Waals surface area contributed by atoms with E-state index in [1.54, 1.807) is 0 Å². The van der Waals surface area contributed by atoms with E-state index in [0.717, 1.165) is 31.4 Å². The van der Waals surface area contributed by atoms with Gasteiger partial charge in [-0.1, -0.05) is 18.6 Å². The van der Waals surface area contributed by atoms with Crippen LogP contribution in [0, 0.1) is 12.8 Å². The standard InChI is InChI=1S/C18H28N2O2.ClH/c1-14-6-4-8-16(12-14)22-11-3-2-10-18(21)20-17-9-5-7-15(17)13-19;/h4,6,8,12,15,17H,2-3,5,7,9-11,13,19H2,1H3,(H,20,21);1H. The van der Waals surface area contributed by atoms with Crippen LogP contribution in [0.5, 0.6) is 5.75 Å². The second-order valence-electron chi connectivity index (χ2n) is 6.22. The Kier molecular flexibility index (Phi) is 9.03. The quantitative estimate of drug-likeness (QED) is 0.714.